The molecule has 0 aromatic heterocycles. The number of aryl methyl sites for hydroxylation is 1. The van der Waals surface area contributed by atoms with Crippen molar-refractivity contribution >= 4 is 5.78 Å². The Morgan fingerprint density at radius 1 is 1.36 bits per heavy atom. The normalized spacial score (nSPS) is 34.4. The second-order valence-electron chi connectivity index (χ2n) is 4.75. The van der Waals surface area contributed by atoms with E-state index >= 15 is 0 Å². The minimum atomic E-state index is 0.0500. The summed E-state index contributed by atoms with van der Waals surface area (Å²) in [5, 5.41) is 0. The van der Waals surface area contributed by atoms with Gasteiger partial charge in [0.15, 0.2) is 5.78 Å². The number of carbonyl (C=O) groups is 1. The molecule has 0 N–H and O–H groups in total. The van der Waals surface area contributed by atoms with E-state index in [2.05, 4.69) is 13.0 Å². The second kappa shape index (κ2) is 2.47. The van der Waals surface area contributed by atoms with Crippen LogP contribution in [0.2, 0.25) is 0 Å². The summed E-state index contributed by atoms with van der Waals surface area (Å²) in [4.78, 5) is 12.2. The lowest BCUT2D eigenvalue weighted by molar-refractivity contribution is 0.0868. The van der Waals surface area contributed by atoms with Crippen LogP contribution in [0.3, 0.4) is 0 Å². The monoisotopic (exact) mass is 186 g/mol. The van der Waals surface area contributed by atoms with Crippen LogP contribution >= 0.6 is 0 Å². The van der Waals surface area contributed by atoms with E-state index in [1.165, 1.54) is 5.56 Å². The second-order valence-corrected chi connectivity index (χ2v) is 4.75. The minimum Gasteiger partial charge on any atom is -0.294 e. The van der Waals surface area contributed by atoms with Crippen molar-refractivity contribution in [1.29, 1.82) is 0 Å². The summed E-state index contributed by atoms with van der Waals surface area (Å²) in [5.41, 5.74) is 2.29. The molecule has 0 saturated heterocycles. The standard InChI is InChI=1S/C13H14O/c1-9-8-13(9)7-6-10-4-2-3-5-11(10)12(13)14/h2-5,9H,6-8H2,1H3. The highest BCUT2D eigenvalue weighted by Gasteiger charge is 2.58. The molecule has 1 aromatic rings. The molecule has 2 aliphatic rings. The first-order valence-electron chi connectivity index (χ1n) is 5.37. The quantitative estimate of drug-likeness (QED) is 0.609. The van der Waals surface area contributed by atoms with Gasteiger partial charge in [-0.15, -0.1) is 0 Å². The highest BCUT2D eigenvalue weighted by molar-refractivity contribution is 6.04. The molecular weight excluding hydrogens is 172 g/mol. The fourth-order valence-electron chi connectivity index (χ4n) is 2.85. The van der Waals surface area contributed by atoms with Gasteiger partial charge >= 0.3 is 0 Å². The summed E-state index contributed by atoms with van der Waals surface area (Å²) in [6, 6.07) is 8.08. The smallest absolute Gasteiger partial charge is 0.169 e. The van der Waals surface area contributed by atoms with Crippen LogP contribution in [0.15, 0.2) is 24.3 Å². The van der Waals surface area contributed by atoms with Crippen molar-refractivity contribution in [2.45, 2.75) is 26.2 Å². The lowest BCUT2D eigenvalue weighted by Gasteiger charge is -2.23. The Hall–Kier alpha value is -1.11. The average molecular weight is 186 g/mol. The van der Waals surface area contributed by atoms with E-state index < -0.39 is 0 Å². The minimum absolute atomic E-state index is 0.0500. The summed E-state index contributed by atoms with van der Waals surface area (Å²) in [6.07, 6.45) is 3.27. The summed E-state index contributed by atoms with van der Waals surface area (Å²) in [6.45, 7) is 2.20. The zero-order chi connectivity index (χ0) is 9.76. The molecule has 2 unspecified atom stereocenters. The van der Waals surface area contributed by atoms with Crippen molar-refractivity contribution < 1.29 is 4.79 Å². The van der Waals surface area contributed by atoms with Gasteiger partial charge in [0, 0.05) is 11.0 Å². The number of ketones is 1. The van der Waals surface area contributed by atoms with Crippen LogP contribution in [0.1, 0.15) is 35.7 Å². The predicted octanol–water partition coefficient (Wildman–Crippen LogP) is 2.84. The molecule has 2 atom stereocenters. The van der Waals surface area contributed by atoms with Crippen LogP contribution in [0.4, 0.5) is 0 Å². The van der Waals surface area contributed by atoms with Gasteiger partial charge in [-0.1, -0.05) is 31.2 Å². The molecule has 3 rings (SSSR count). The molecular formula is C13H14O. The Labute approximate surface area is 84.1 Å². The molecule has 0 radical (unpaired) electrons. The molecule has 1 nitrogen and oxygen atoms in total. The molecule has 0 amide bonds. The van der Waals surface area contributed by atoms with Gasteiger partial charge in [0.05, 0.1) is 0 Å². The molecule has 1 fully saturated rings. The summed E-state index contributed by atoms with van der Waals surface area (Å²) < 4.78 is 0. The lowest BCUT2D eigenvalue weighted by atomic mass is 9.79. The molecule has 0 bridgehead atoms. The summed E-state index contributed by atoms with van der Waals surface area (Å²) in [5.74, 6) is 1.02. The van der Waals surface area contributed by atoms with E-state index in [0.29, 0.717) is 11.7 Å². The maximum atomic E-state index is 12.2. The fourth-order valence-corrected chi connectivity index (χ4v) is 2.85. The maximum absolute atomic E-state index is 12.2. The van der Waals surface area contributed by atoms with Crippen molar-refractivity contribution in [1.82, 2.24) is 0 Å². The Balaban J connectivity index is 2.09. The Morgan fingerprint density at radius 2 is 2.07 bits per heavy atom. The van der Waals surface area contributed by atoms with Crippen molar-refractivity contribution in [2.75, 3.05) is 0 Å². The van der Waals surface area contributed by atoms with Crippen molar-refractivity contribution in [3.63, 3.8) is 0 Å². The molecule has 1 spiro atoms. The Morgan fingerprint density at radius 3 is 2.79 bits per heavy atom. The van der Waals surface area contributed by atoms with Gasteiger partial charge in [0.25, 0.3) is 0 Å². The van der Waals surface area contributed by atoms with Gasteiger partial charge < -0.3 is 0 Å². The van der Waals surface area contributed by atoms with Gasteiger partial charge in [-0.2, -0.15) is 0 Å². The number of Topliss-reactive ketones (excluding diaryl/α,β-unsaturated/α-hetero) is 1. The molecule has 2 aliphatic carbocycles. The van der Waals surface area contributed by atoms with Gasteiger partial charge in [-0.3, -0.25) is 4.79 Å². The van der Waals surface area contributed by atoms with Crippen molar-refractivity contribution in [2.24, 2.45) is 11.3 Å². The van der Waals surface area contributed by atoms with Gasteiger partial charge in [0.2, 0.25) is 0 Å². The molecule has 14 heavy (non-hydrogen) atoms. The van der Waals surface area contributed by atoms with Gasteiger partial charge in [0.1, 0.15) is 0 Å². The topological polar surface area (TPSA) is 17.1 Å². The Kier molecular flexibility index (Phi) is 1.45. The van der Waals surface area contributed by atoms with Crippen LogP contribution < -0.4 is 0 Å². The van der Waals surface area contributed by atoms with Crippen molar-refractivity contribution in [3.05, 3.63) is 35.4 Å². The largest absolute Gasteiger partial charge is 0.294 e. The fraction of sp³-hybridized carbons (Fsp3) is 0.462. The van der Waals surface area contributed by atoms with Crippen LogP contribution in [-0.4, -0.2) is 5.78 Å². The van der Waals surface area contributed by atoms with Crippen LogP contribution in [0.5, 0.6) is 0 Å². The molecule has 1 aromatic carbocycles. The number of rotatable bonds is 0. The van der Waals surface area contributed by atoms with E-state index in [1.54, 1.807) is 0 Å². The summed E-state index contributed by atoms with van der Waals surface area (Å²) >= 11 is 0. The van der Waals surface area contributed by atoms with E-state index in [0.717, 1.165) is 24.8 Å². The van der Waals surface area contributed by atoms with E-state index in [9.17, 15) is 4.79 Å². The maximum Gasteiger partial charge on any atom is 0.169 e. The molecule has 0 heterocycles. The highest BCUT2D eigenvalue weighted by atomic mass is 16.1. The molecule has 0 aliphatic heterocycles. The molecule has 1 heteroatoms. The SMILES string of the molecule is CC1CC12CCc1ccccc1C2=O. The highest BCUT2D eigenvalue weighted by Crippen LogP contribution is 2.59. The number of carbonyl (C=O) groups excluding carboxylic acids is 1. The van der Waals surface area contributed by atoms with E-state index in [1.807, 2.05) is 18.2 Å². The van der Waals surface area contributed by atoms with Crippen molar-refractivity contribution in [3.8, 4) is 0 Å². The van der Waals surface area contributed by atoms with E-state index in [-0.39, 0.29) is 5.41 Å². The zero-order valence-corrected chi connectivity index (χ0v) is 8.42. The molecule has 72 valence electrons. The van der Waals surface area contributed by atoms with Crippen LogP contribution in [0.25, 0.3) is 0 Å². The molecule has 1 saturated carbocycles. The third-order valence-electron chi connectivity index (χ3n) is 4.01. The Bertz CT molecular complexity index is 407. The van der Waals surface area contributed by atoms with Gasteiger partial charge in [-0.05, 0) is 30.7 Å². The first-order valence-corrected chi connectivity index (χ1v) is 5.37. The average Bonchev–Trinajstić information content (AvgIpc) is 2.86. The number of hydrogen-bond acceptors (Lipinski definition) is 1. The number of benzene rings is 1. The van der Waals surface area contributed by atoms with Gasteiger partial charge in [-0.25, -0.2) is 0 Å². The first-order chi connectivity index (χ1) is 6.74. The zero-order valence-electron chi connectivity index (χ0n) is 8.42. The number of fused-ring (bicyclic) bond motifs is 1. The third kappa shape index (κ3) is 0.875. The van der Waals surface area contributed by atoms with Crippen LogP contribution in [-0.2, 0) is 6.42 Å². The predicted molar refractivity (Wildman–Crippen MR) is 55.3 cm³/mol. The van der Waals surface area contributed by atoms with Crippen LogP contribution in [0, 0.1) is 11.3 Å². The summed E-state index contributed by atoms with van der Waals surface area (Å²) in [7, 11) is 0. The lowest BCUT2D eigenvalue weighted by Crippen LogP contribution is -2.25. The van der Waals surface area contributed by atoms with E-state index in [4.69, 9.17) is 0 Å². The third-order valence-corrected chi connectivity index (χ3v) is 4.01. The number of hydrogen-bond donors (Lipinski definition) is 0. The first kappa shape index (κ1) is 8.22.